The second-order valence-corrected chi connectivity index (χ2v) is 14.2. The molecule has 0 aromatic heterocycles. The van der Waals surface area contributed by atoms with Gasteiger partial charge in [0.1, 0.15) is 0 Å². The molecule has 3 aromatic rings. The maximum atomic E-state index is 13.5. The average molecular weight is 621 g/mol. The molecular formula is C36H43Cl2N3O2. The second kappa shape index (κ2) is 13.5. The number of benzene rings is 3. The van der Waals surface area contributed by atoms with Gasteiger partial charge in [-0.1, -0.05) is 92.5 Å². The Labute approximate surface area is 266 Å². The van der Waals surface area contributed by atoms with Gasteiger partial charge in [-0.25, -0.2) is 0 Å². The van der Waals surface area contributed by atoms with Crippen molar-refractivity contribution in [3.8, 4) is 11.1 Å². The Hall–Kier alpha value is -2.70. The molecular weight excluding hydrogens is 577 g/mol. The van der Waals surface area contributed by atoms with Crippen molar-refractivity contribution in [1.82, 2.24) is 9.80 Å². The molecule has 2 N–H and O–H groups in total. The van der Waals surface area contributed by atoms with Gasteiger partial charge in [0.15, 0.2) is 5.78 Å². The lowest BCUT2D eigenvalue weighted by atomic mass is 9.80. The summed E-state index contributed by atoms with van der Waals surface area (Å²) < 4.78 is 0. The molecule has 7 heteroatoms. The van der Waals surface area contributed by atoms with Crippen molar-refractivity contribution < 1.29 is 9.59 Å². The van der Waals surface area contributed by atoms with Crippen LogP contribution in [0.4, 0.5) is 0 Å². The van der Waals surface area contributed by atoms with E-state index in [0.717, 1.165) is 74.2 Å². The highest BCUT2D eigenvalue weighted by Crippen LogP contribution is 2.37. The van der Waals surface area contributed by atoms with Crippen LogP contribution in [0.2, 0.25) is 10.0 Å². The quantitative estimate of drug-likeness (QED) is 0.253. The molecule has 0 spiro atoms. The number of hydrogen-bond acceptors (Lipinski definition) is 4. The van der Waals surface area contributed by atoms with Crippen LogP contribution in [-0.2, 0) is 10.2 Å². The van der Waals surface area contributed by atoms with Crippen molar-refractivity contribution in [3.05, 3.63) is 93.5 Å². The van der Waals surface area contributed by atoms with E-state index in [1.807, 2.05) is 48.5 Å². The average Bonchev–Trinajstić information content (AvgIpc) is 3.44. The van der Waals surface area contributed by atoms with E-state index in [1.54, 1.807) is 0 Å². The van der Waals surface area contributed by atoms with Crippen LogP contribution < -0.4 is 5.73 Å². The fraction of sp³-hybridized carbons (Fsp3) is 0.444. The molecule has 228 valence electrons. The third kappa shape index (κ3) is 7.69. The summed E-state index contributed by atoms with van der Waals surface area (Å²) in [7, 11) is 0. The van der Waals surface area contributed by atoms with Gasteiger partial charge in [0.25, 0.3) is 0 Å². The Morgan fingerprint density at radius 3 is 2.33 bits per heavy atom. The number of likely N-dealkylation sites (tertiary alicyclic amines) is 2. The first kappa shape index (κ1) is 31.7. The third-order valence-electron chi connectivity index (χ3n) is 9.26. The molecule has 43 heavy (non-hydrogen) atoms. The standard InChI is InChI=1S/C36H43Cl2N3O2/c1-36(2,3)31-11-9-27(19-29(31)26-10-12-32(37)33(38)20-26)34(42)23-41-17-14-24(21-41)13-16-40-18-15-28(35(39)43)30(22-40)25-7-5-4-6-8-25/h4-12,19-20,24,28,30H,13-18,21-23H2,1-3H3,(H2,39,43). The largest absolute Gasteiger partial charge is 0.369 e. The Balaban J connectivity index is 1.19. The molecule has 5 rings (SSSR count). The lowest BCUT2D eigenvalue weighted by molar-refractivity contribution is -0.123. The van der Waals surface area contributed by atoms with Crippen LogP contribution in [0.15, 0.2) is 66.7 Å². The molecule has 1 amide bonds. The molecule has 0 bridgehead atoms. The summed E-state index contributed by atoms with van der Waals surface area (Å²) in [4.78, 5) is 30.5. The zero-order valence-corrected chi connectivity index (χ0v) is 27.0. The van der Waals surface area contributed by atoms with Crippen molar-refractivity contribution in [1.29, 1.82) is 0 Å². The smallest absolute Gasteiger partial charge is 0.221 e. The Morgan fingerprint density at radius 1 is 0.884 bits per heavy atom. The van der Waals surface area contributed by atoms with Gasteiger partial charge in [0.05, 0.1) is 16.6 Å². The summed E-state index contributed by atoms with van der Waals surface area (Å²) in [5.41, 5.74) is 10.8. The number of Topliss-reactive ketones (excluding diaryl/α,β-unsaturated/α-hetero) is 1. The number of amides is 1. The molecule has 2 heterocycles. The molecule has 0 radical (unpaired) electrons. The maximum absolute atomic E-state index is 13.5. The minimum absolute atomic E-state index is 0.0958. The van der Waals surface area contributed by atoms with Crippen molar-refractivity contribution >= 4 is 34.9 Å². The SMILES string of the molecule is CC(C)(C)c1ccc(C(=O)CN2CCC(CCN3CCC(C(N)=O)C(c4ccccc4)C3)C2)cc1-c1ccc(Cl)c(Cl)c1. The van der Waals surface area contributed by atoms with Crippen LogP contribution in [0.3, 0.4) is 0 Å². The molecule has 2 aliphatic heterocycles. The van der Waals surface area contributed by atoms with E-state index in [2.05, 4.69) is 48.8 Å². The second-order valence-electron chi connectivity index (χ2n) is 13.4. The van der Waals surface area contributed by atoms with E-state index in [9.17, 15) is 9.59 Å². The topological polar surface area (TPSA) is 66.6 Å². The first-order valence-electron chi connectivity index (χ1n) is 15.4. The fourth-order valence-electron chi connectivity index (χ4n) is 6.83. The van der Waals surface area contributed by atoms with Crippen LogP contribution in [0.1, 0.15) is 67.4 Å². The minimum Gasteiger partial charge on any atom is -0.369 e. The summed E-state index contributed by atoms with van der Waals surface area (Å²) in [6.45, 7) is 11.6. The molecule has 3 atom stereocenters. The molecule has 3 unspecified atom stereocenters. The molecule has 2 saturated heterocycles. The molecule has 3 aromatic carbocycles. The summed E-state index contributed by atoms with van der Waals surface area (Å²) >= 11 is 12.6. The van der Waals surface area contributed by atoms with E-state index < -0.39 is 0 Å². The lowest BCUT2D eigenvalue weighted by Crippen LogP contribution is -2.44. The van der Waals surface area contributed by atoms with Crippen LogP contribution in [0, 0.1) is 11.8 Å². The highest BCUT2D eigenvalue weighted by Gasteiger charge is 2.34. The number of piperidine rings is 1. The van der Waals surface area contributed by atoms with Gasteiger partial charge in [-0.05, 0) is 90.7 Å². The van der Waals surface area contributed by atoms with Gasteiger partial charge in [-0.2, -0.15) is 0 Å². The van der Waals surface area contributed by atoms with Crippen molar-refractivity contribution in [2.45, 2.75) is 51.4 Å². The number of ketones is 1. The molecule has 2 aliphatic rings. The van der Waals surface area contributed by atoms with Crippen molar-refractivity contribution in [2.75, 3.05) is 39.3 Å². The monoisotopic (exact) mass is 619 g/mol. The molecule has 5 nitrogen and oxygen atoms in total. The summed E-state index contributed by atoms with van der Waals surface area (Å²) in [5.74, 6) is 0.542. The van der Waals surface area contributed by atoms with E-state index in [1.165, 1.54) is 5.56 Å². The Kier molecular flexibility index (Phi) is 9.97. The predicted octanol–water partition coefficient (Wildman–Crippen LogP) is 7.44. The van der Waals surface area contributed by atoms with E-state index in [4.69, 9.17) is 28.9 Å². The zero-order chi connectivity index (χ0) is 30.7. The number of carbonyl (C=O) groups is 2. The van der Waals surface area contributed by atoms with Crippen LogP contribution in [0.5, 0.6) is 0 Å². The zero-order valence-electron chi connectivity index (χ0n) is 25.5. The van der Waals surface area contributed by atoms with Crippen LogP contribution in [0.25, 0.3) is 11.1 Å². The lowest BCUT2D eigenvalue weighted by Gasteiger charge is -2.38. The summed E-state index contributed by atoms with van der Waals surface area (Å²) in [6, 6.07) is 22.0. The van der Waals surface area contributed by atoms with Gasteiger partial charge in [-0.3, -0.25) is 14.5 Å². The number of primary amides is 1. The summed E-state index contributed by atoms with van der Waals surface area (Å²) in [5, 5.41) is 1.02. The predicted molar refractivity (Wildman–Crippen MR) is 177 cm³/mol. The number of hydrogen-bond donors (Lipinski definition) is 1. The fourth-order valence-corrected chi connectivity index (χ4v) is 7.13. The number of rotatable bonds is 9. The van der Waals surface area contributed by atoms with E-state index >= 15 is 0 Å². The number of halogens is 2. The van der Waals surface area contributed by atoms with E-state index in [-0.39, 0.29) is 28.9 Å². The van der Waals surface area contributed by atoms with Crippen molar-refractivity contribution in [3.63, 3.8) is 0 Å². The summed E-state index contributed by atoms with van der Waals surface area (Å²) in [6.07, 6.45) is 3.00. The minimum atomic E-state index is -0.193. The van der Waals surface area contributed by atoms with Crippen LogP contribution >= 0.6 is 23.2 Å². The highest BCUT2D eigenvalue weighted by molar-refractivity contribution is 6.42. The van der Waals surface area contributed by atoms with Gasteiger partial charge in [0, 0.05) is 30.5 Å². The van der Waals surface area contributed by atoms with Gasteiger partial charge >= 0.3 is 0 Å². The van der Waals surface area contributed by atoms with Gasteiger partial charge in [-0.15, -0.1) is 0 Å². The maximum Gasteiger partial charge on any atom is 0.221 e. The van der Waals surface area contributed by atoms with Crippen molar-refractivity contribution in [2.24, 2.45) is 17.6 Å². The third-order valence-corrected chi connectivity index (χ3v) is 10.0. The molecule has 2 fully saturated rings. The van der Waals surface area contributed by atoms with Crippen LogP contribution in [-0.4, -0.2) is 60.8 Å². The number of nitrogens with two attached hydrogens (primary N) is 1. The van der Waals surface area contributed by atoms with Gasteiger partial charge < -0.3 is 10.6 Å². The van der Waals surface area contributed by atoms with E-state index in [0.29, 0.717) is 22.5 Å². The normalized spacial score (nSPS) is 21.7. The Morgan fingerprint density at radius 2 is 1.63 bits per heavy atom. The van der Waals surface area contributed by atoms with Gasteiger partial charge in [0.2, 0.25) is 5.91 Å². The Bertz CT molecular complexity index is 1450. The molecule has 0 aliphatic carbocycles. The number of nitrogens with zero attached hydrogens (tertiary/aromatic N) is 2. The molecule has 0 saturated carbocycles. The first-order chi connectivity index (χ1) is 20.5. The highest BCUT2D eigenvalue weighted by atomic mass is 35.5. The first-order valence-corrected chi connectivity index (χ1v) is 16.2. The number of carbonyl (C=O) groups excluding carboxylic acids is 2.